The Bertz CT molecular complexity index is 481. The highest BCUT2D eigenvalue weighted by Crippen LogP contribution is 2.15. The molecule has 0 aliphatic carbocycles. The molecule has 0 aromatic heterocycles. The van der Waals surface area contributed by atoms with E-state index in [2.05, 4.69) is 34.7 Å². The summed E-state index contributed by atoms with van der Waals surface area (Å²) in [5.74, 6) is 0.956. The number of amidine groups is 1. The molecule has 86 valence electrons. The third-order valence-electron chi connectivity index (χ3n) is 2.59. The number of nitrogens with zero attached hydrogens (tertiary/aromatic N) is 2. The standard InChI is InChI=1S/C15H16N2/c1-13-9-5-4-8-12-17(14(2)16-13)15-10-6-3-7-11-15/h3-11H,1,12H2,2H3/b8-4-,9-5-,16-14?. The van der Waals surface area contributed by atoms with Crippen LogP contribution in [0.25, 0.3) is 0 Å². The molecular weight excluding hydrogens is 208 g/mol. The van der Waals surface area contributed by atoms with Crippen molar-refractivity contribution in [3.05, 3.63) is 66.9 Å². The number of allylic oxidation sites excluding steroid dienone is 3. The highest BCUT2D eigenvalue weighted by Gasteiger charge is 2.08. The number of anilines is 1. The summed E-state index contributed by atoms with van der Waals surface area (Å²) in [7, 11) is 0. The third-order valence-corrected chi connectivity index (χ3v) is 2.59. The number of hydrogen-bond acceptors (Lipinski definition) is 2. The normalized spacial score (nSPS) is 19.9. The van der Waals surface area contributed by atoms with Gasteiger partial charge in [0.05, 0.1) is 5.70 Å². The van der Waals surface area contributed by atoms with Crippen molar-refractivity contribution < 1.29 is 0 Å². The third kappa shape index (κ3) is 2.94. The molecule has 2 nitrogen and oxygen atoms in total. The first-order valence-corrected chi connectivity index (χ1v) is 5.67. The van der Waals surface area contributed by atoms with Crippen molar-refractivity contribution in [3.63, 3.8) is 0 Å². The molecule has 2 heteroatoms. The van der Waals surface area contributed by atoms with Gasteiger partial charge in [-0.3, -0.25) is 0 Å². The van der Waals surface area contributed by atoms with Crippen LogP contribution in [0, 0.1) is 0 Å². The second-order valence-electron chi connectivity index (χ2n) is 3.88. The smallest absolute Gasteiger partial charge is 0.106 e. The molecule has 1 heterocycles. The van der Waals surface area contributed by atoms with Crippen LogP contribution in [0.3, 0.4) is 0 Å². The molecule has 17 heavy (non-hydrogen) atoms. The van der Waals surface area contributed by atoms with Gasteiger partial charge in [-0.25, -0.2) is 4.99 Å². The fourth-order valence-electron chi connectivity index (χ4n) is 1.75. The Balaban J connectivity index is 2.35. The zero-order valence-corrected chi connectivity index (χ0v) is 10.0. The van der Waals surface area contributed by atoms with Crippen LogP contribution in [0.1, 0.15) is 6.92 Å². The van der Waals surface area contributed by atoms with Crippen LogP contribution in [0.2, 0.25) is 0 Å². The molecule has 0 amide bonds. The number of rotatable bonds is 1. The van der Waals surface area contributed by atoms with E-state index in [1.54, 1.807) is 0 Å². The Kier molecular flexibility index (Phi) is 3.55. The molecule has 0 saturated carbocycles. The molecule has 1 aromatic rings. The van der Waals surface area contributed by atoms with Crippen LogP contribution < -0.4 is 4.90 Å². The molecule has 0 spiro atoms. The fraction of sp³-hybridized carbons (Fsp3) is 0.133. The molecule has 2 rings (SSSR count). The summed E-state index contributed by atoms with van der Waals surface area (Å²) in [6.45, 7) is 6.72. The molecule has 0 saturated heterocycles. The highest BCUT2D eigenvalue weighted by atomic mass is 15.2. The van der Waals surface area contributed by atoms with E-state index in [1.165, 1.54) is 0 Å². The van der Waals surface area contributed by atoms with Crippen LogP contribution in [0.5, 0.6) is 0 Å². The lowest BCUT2D eigenvalue weighted by Crippen LogP contribution is -2.28. The summed E-state index contributed by atoms with van der Waals surface area (Å²) >= 11 is 0. The molecule has 0 radical (unpaired) electrons. The van der Waals surface area contributed by atoms with E-state index in [0.717, 1.165) is 23.8 Å². The summed E-state index contributed by atoms with van der Waals surface area (Å²) in [6, 6.07) is 10.3. The van der Waals surface area contributed by atoms with Gasteiger partial charge in [0.2, 0.25) is 0 Å². The quantitative estimate of drug-likeness (QED) is 0.712. The second-order valence-corrected chi connectivity index (χ2v) is 3.88. The average molecular weight is 224 g/mol. The second kappa shape index (κ2) is 5.30. The lowest BCUT2D eigenvalue weighted by molar-refractivity contribution is 1.12. The van der Waals surface area contributed by atoms with E-state index in [0.29, 0.717) is 0 Å². The van der Waals surface area contributed by atoms with Crippen molar-refractivity contribution in [1.29, 1.82) is 0 Å². The molecule has 0 N–H and O–H groups in total. The number of para-hydroxylation sites is 1. The Morgan fingerprint density at radius 1 is 1.18 bits per heavy atom. The minimum absolute atomic E-state index is 0.773. The van der Waals surface area contributed by atoms with Crippen molar-refractivity contribution >= 4 is 11.5 Å². The molecule has 0 bridgehead atoms. The molecule has 0 atom stereocenters. The first-order valence-electron chi connectivity index (χ1n) is 5.67. The predicted molar refractivity (Wildman–Crippen MR) is 74.3 cm³/mol. The molecule has 1 aliphatic heterocycles. The van der Waals surface area contributed by atoms with Gasteiger partial charge in [-0.05, 0) is 25.1 Å². The van der Waals surface area contributed by atoms with Crippen molar-refractivity contribution in [1.82, 2.24) is 0 Å². The lowest BCUT2D eigenvalue weighted by Gasteiger charge is -2.22. The SMILES string of the molecule is C=C1/C=C\C=C/CN(c2ccccc2)C(C)=N1. The zero-order chi connectivity index (χ0) is 12.1. The molecular formula is C15H16N2. The van der Waals surface area contributed by atoms with E-state index < -0.39 is 0 Å². The average Bonchev–Trinajstić information content (AvgIpc) is 2.41. The Labute approximate surface area is 102 Å². The molecule has 1 aromatic carbocycles. The van der Waals surface area contributed by atoms with Gasteiger partial charge in [-0.2, -0.15) is 0 Å². The van der Waals surface area contributed by atoms with Crippen LogP contribution in [-0.4, -0.2) is 12.4 Å². The number of benzene rings is 1. The first-order chi connectivity index (χ1) is 8.27. The van der Waals surface area contributed by atoms with E-state index in [4.69, 9.17) is 0 Å². The lowest BCUT2D eigenvalue weighted by atomic mass is 10.2. The number of aliphatic imine (C=N–C) groups is 1. The summed E-state index contributed by atoms with van der Waals surface area (Å²) in [6.07, 6.45) is 8.01. The molecule has 1 aliphatic rings. The maximum atomic E-state index is 4.48. The van der Waals surface area contributed by atoms with Gasteiger partial charge < -0.3 is 4.90 Å². The minimum atomic E-state index is 0.773. The van der Waals surface area contributed by atoms with E-state index >= 15 is 0 Å². The van der Waals surface area contributed by atoms with Crippen molar-refractivity contribution in [2.24, 2.45) is 4.99 Å². The molecule has 0 fully saturated rings. The van der Waals surface area contributed by atoms with Crippen molar-refractivity contribution in [3.8, 4) is 0 Å². The molecule has 0 unspecified atom stereocenters. The maximum absolute atomic E-state index is 4.48. The zero-order valence-electron chi connectivity index (χ0n) is 10.0. The summed E-state index contributed by atoms with van der Waals surface area (Å²) in [5, 5.41) is 0. The maximum Gasteiger partial charge on any atom is 0.106 e. The van der Waals surface area contributed by atoms with Gasteiger partial charge >= 0.3 is 0 Å². The van der Waals surface area contributed by atoms with Crippen molar-refractivity contribution in [2.45, 2.75) is 6.92 Å². The van der Waals surface area contributed by atoms with E-state index in [9.17, 15) is 0 Å². The van der Waals surface area contributed by atoms with Gasteiger partial charge in [0.1, 0.15) is 5.84 Å². The van der Waals surface area contributed by atoms with Crippen LogP contribution in [-0.2, 0) is 0 Å². The van der Waals surface area contributed by atoms with Gasteiger partial charge in [-0.15, -0.1) is 0 Å². The minimum Gasteiger partial charge on any atom is -0.326 e. The van der Waals surface area contributed by atoms with Crippen molar-refractivity contribution in [2.75, 3.05) is 11.4 Å². The monoisotopic (exact) mass is 224 g/mol. The Morgan fingerprint density at radius 2 is 1.94 bits per heavy atom. The summed E-state index contributed by atoms with van der Waals surface area (Å²) in [4.78, 5) is 6.64. The van der Waals surface area contributed by atoms with Gasteiger partial charge in [-0.1, -0.05) is 43.0 Å². The van der Waals surface area contributed by atoms with Crippen LogP contribution in [0.15, 0.2) is 71.9 Å². The van der Waals surface area contributed by atoms with Gasteiger partial charge in [0.15, 0.2) is 0 Å². The predicted octanol–water partition coefficient (Wildman–Crippen LogP) is 3.55. The van der Waals surface area contributed by atoms with Crippen LogP contribution >= 0.6 is 0 Å². The van der Waals surface area contributed by atoms with E-state index in [1.807, 2.05) is 43.4 Å². The summed E-state index contributed by atoms with van der Waals surface area (Å²) < 4.78 is 0. The fourth-order valence-corrected chi connectivity index (χ4v) is 1.75. The first kappa shape index (κ1) is 11.4. The largest absolute Gasteiger partial charge is 0.326 e. The summed E-state index contributed by atoms with van der Waals surface area (Å²) in [5.41, 5.74) is 1.92. The highest BCUT2D eigenvalue weighted by molar-refractivity contribution is 5.97. The Morgan fingerprint density at radius 3 is 2.71 bits per heavy atom. The van der Waals surface area contributed by atoms with Gasteiger partial charge in [0, 0.05) is 12.2 Å². The topological polar surface area (TPSA) is 15.6 Å². The van der Waals surface area contributed by atoms with Gasteiger partial charge in [0.25, 0.3) is 0 Å². The van der Waals surface area contributed by atoms with Crippen LogP contribution in [0.4, 0.5) is 5.69 Å². The number of hydrogen-bond donors (Lipinski definition) is 0. The Hall–Kier alpha value is -2.09. The van der Waals surface area contributed by atoms with E-state index in [-0.39, 0.29) is 0 Å².